The highest BCUT2D eigenvalue weighted by atomic mass is 16.8. The maximum absolute atomic E-state index is 12.8. The van der Waals surface area contributed by atoms with Crippen LogP contribution in [0, 0.1) is 0 Å². The Morgan fingerprint density at radius 2 is 1.72 bits per heavy atom. The number of methoxy groups -OCH3 is 1. The number of allylic oxidation sites excluding steroid dienone is 1. The van der Waals surface area contributed by atoms with Crippen LogP contribution in [0.3, 0.4) is 0 Å². The molecular formula is C20H33O5+. The Balaban J connectivity index is 1.91. The summed E-state index contributed by atoms with van der Waals surface area (Å²) in [5.74, 6) is 0.249. The van der Waals surface area contributed by atoms with Crippen molar-refractivity contribution in [2.75, 3.05) is 20.5 Å². The van der Waals surface area contributed by atoms with Crippen molar-refractivity contribution in [2.45, 2.75) is 77.2 Å². The van der Waals surface area contributed by atoms with Crippen molar-refractivity contribution in [2.24, 2.45) is 0 Å². The van der Waals surface area contributed by atoms with E-state index in [-0.39, 0.29) is 24.1 Å². The lowest BCUT2D eigenvalue weighted by Gasteiger charge is -2.22. The maximum atomic E-state index is 12.8. The third-order valence-corrected chi connectivity index (χ3v) is 5.45. The molecule has 0 bridgehead atoms. The van der Waals surface area contributed by atoms with Gasteiger partial charge in [0, 0.05) is 11.1 Å². The molecule has 1 heterocycles. The molecule has 1 saturated heterocycles. The fourth-order valence-corrected chi connectivity index (χ4v) is 3.82. The molecule has 0 unspecified atom stereocenters. The van der Waals surface area contributed by atoms with E-state index < -0.39 is 5.60 Å². The lowest BCUT2D eigenvalue weighted by atomic mass is 9.84. The number of aliphatic hydroxyl groups excluding tert-OH is 2. The topological polar surface area (TPSA) is 69.5 Å². The summed E-state index contributed by atoms with van der Waals surface area (Å²) in [6.07, 6.45) is 10.4. The number of carbonyl (C=O) groups is 1. The summed E-state index contributed by atoms with van der Waals surface area (Å²) in [5.41, 5.74) is 0.231. The molecule has 1 atom stereocenters. The summed E-state index contributed by atoms with van der Waals surface area (Å²) in [6, 6.07) is 0. The van der Waals surface area contributed by atoms with E-state index in [2.05, 4.69) is 11.3 Å². The van der Waals surface area contributed by atoms with Gasteiger partial charge in [-0.3, -0.25) is 4.79 Å². The first-order valence-electron chi connectivity index (χ1n) is 9.55. The number of ether oxygens (including phenoxy) is 1. The van der Waals surface area contributed by atoms with Gasteiger partial charge in [-0.1, -0.05) is 51.9 Å². The van der Waals surface area contributed by atoms with Crippen LogP contribution < -0.4 is 0 Å². The van der Waals surface area contributed by atoms with E-state index >= 15 is 0 Å². The van der Waals surface area contributed by atoms with E-state index in [0.29, 0.717) is 24.2 Å². The molecule has 1 fully saturated rings. The zero-order valence-corrected chi connectivity index (χ0v) is 15.9. The fraction of sp³-hybridized carbons (Fsp3) is 0.750. The second kappa shape index (κ2) is 8.86. The Labute approximate surface area is 151 Å². The van der Waals surface area contributed by atoms with Crippen LogP contribution in [-0.4, -0.2) is 42.1 Å². The van der Waals surface area contributed by atoms with Crippen molar-refractivity contribution >= 4 is 5.78 Å². The van der Waals surface area contributed by atoms with Gasteiger partial charge in [0.2, 0.25) is 12.4 Å². The fourth-order valence-electron chi connectivity index (χ4n) is 3.82. The van der Waals surface area contributed by atoms with E-state index in [1.54, 1.807) is 6.92 Å². The van der Waals surface area contributed by atoms with Crippen LogP contribution in [0.1, 0.15) is 71.6 Å². The minimum atomic E-state index is -1.06. The van der Waals surface area contributed by atoms with Crippen LogP contribution in [0.5, 0.6) is 0 Å². The number of rotatable bonds is 11. The molecule has 142 valence electrons. The highest BCUT2D eigenvalue weighted by Gasteiger charge is 2.75. The van der Waals surface area contributed by atoms with Gasteiger partial charge in [-0.05, 0) is 19.8 Å². The molecule has 0 aromatic carbocycles. The molecule has 5 nitrogen and oxygen atoms in total. The third-order valence-electron chi connectivity index (χ3n) is 5.45. The minimum Gasteiger partial charge on any atom is -0.504 e. The number of epoxide rings is 1. The number of carbonyl (C=O) groups excluding carboxylic acids is 1. The standard InChI is InChI=1S/C20H32O5/c1-4-5-6-7-8-9-10-11-12-16-15(2)18(23)20(13-25(20)14-21)19(24-3)17(16)22/h21H,4-14H2,1-3H3/p+1/t20-/m1/s1. The molecule has 25 heavy (non-hydrogen) atoms. The second-order valence-corrected chi connectivity index (χ2v) is 7.13. The highest BCUT2D eigenvalue weighted by Crippen LogP contribution is 2.51. The minimum absolute atomic E-state index is 0.0750. The predicted molar refractivity (Wildman–Crippen MR) is 97.4 cm³/mol. The summed E-state index contributed by atoms with van der Waals surface area (Å²) < 4.78 is 7.83. The Kier molecular flexibility index (Phi) is 7.08. The molecule has 0 radical (unpaired) electrons. The summed E-state index contributed by atoms with van der Waals surface area (Å²) in [5, 5.41) is 20.0. The lowest BCUT2D eigenvalue weighted by molar-refractivity contribution is -0.139. The Morgan fingerprint density at radius 1 is 1.12 bits per heavy atom. The van der Waals surface area contributed by atoms with Gasteiger partial charge in [-0.25, -0.2) is 0 Å². The van der Waals surface area contributed by atoms with Gasteiger partial charge < -0.3 is 19.3 Å². The zero-order chi connectivity index (χ0) is 18.4. The molecule has 2 rings (SSSR count). The Hall–Kier alpha value is -1.33. The summed E-state index contributed by atoms with van der Waals surface area (Å²) in [7, 11) is 1.46. The maximum Gasteiger partial charge on any atom is 0.362 e. The largest absolute Gasteiger partial charge is 0.504 e. The predicted octanol–water partition coefficient (Wildman–Crippen LogP) is 4.09. The van der Waals surface area contributed by atoms with Crippen molar-refractivity contribution < 1.29 is 24.1 Å². The van der Waals surface area contributed by atoms with Crippen molar-refractivity contribution in [3.63, 3.8) is 0 Å². The van der Waals surface area contributed by atoms with Crippen LogP contribution in [0.15, 0.2) is 22.7 Å². The average molecular weight is 353 g/mol. The number of aliphatic hydroxyl groups is 2. The normalized spacial score (nSPS) is 23.8. The lowest BCUT2D eigenvalue weighted by Crippen LogP contribution is -2.36. The van der Waals surface area contributed by atoms with Crippen molar-refractivity contribution in [3.05, 3.63) is 22.7 Å². The molecular weight excluding hydrogens is 320 g/mol. The van der Waals surface area contributed by atoms with Crippen molar-refractivity contribution in [1.29, 1.82) is 0 Å². The van der Waals surface area contributed by atoms with E-state index in [1.165, 1.54) is 45.6 Å². The van der Waals surface area contributed by atoms with Crippen LogP contribution in [0.25, 0.3) is 0 Å². The molecule has 2 aliphatic rings. The van der Waals surface area contributed by atoms with Gasteiger partial charge in [-0.15, -0.1) is 0 Å². The quantitative estimate of drug-likeness (QED) is 0.333. The van der Waals surface area contributed by atoms with E-state index in [4.69, 9.17) is 4.74 Å². The van der Waals surface area contributed by atoms with Crippen LogP contribution in [0.2, 0.25) is 0 Å². The third kappa shape index (κ3) is 3.93. The molecule has 2 N–H and O–H groups in total. The summed E-state index contributed by atoms with van der Waals surface area (Å²) in [6.45, 7) is 4.01. The smallest absolute Gasteiger partial charge is 0.362 e. The van der Waals surface area contributed by atoms with E-state index in [1.807, 2.05) is 0 Å². The first-order valence-corrected chi connectivity index (χ1v) is 9.55. The van der Waals surface area contributed by atoms with Gasteiger partial charge >= 0.3 is 5.60 Å². The summed E-state index contributed by atoms with van der Waals surface area (Å²) >= 11 is 0. The molecule has 0 saturated carbocycles. The van der Waals surface area contributed by atoms with Crippen LogP contribution >= 0.6 is 0 Å². The molecule has 5 heteroatoms. The van der Waals surface area contributed by atoms with Gasteiger partial charge in [-0.2, -0.15) is 0 Å². The van der Waals surface area contributed by atoms with Crippen LogP contribution in [-0.2, 0) is 13.9 Å². The summed E-state index contributed by atoms with van der Waals surface area (Å²) in [4.78, 5) is 12.8. The number of hydrogen-bond donors (Lipinski definition) is 2. The number of Topliss-reactive ketones (excluding diaryl/α,β-unsaturated/α-hetero) is 1. The van der Waals surface area contributed by atoms with Gasteiger partial charge in [0.1, 0.15) is 0 Å². The molecule has 1 aliphatic carbocycles. The highest BCUT2D eigenvalue weighted by molar-refractivity contribution is 6.08. The SMILES string of the molecule is CCCCCCCCCCC1=C(C)C(=O)[C@]2(C[O+]2CO)C(OC)=C1O. The van der Waals surface area contributed by atoms with Gasteiger partial charge in [0.15, 0.2) is 5.76 Å². The average Bonchev–Trinajstić information content (AvgIpc) is 3.34. The molecule has 1 spiro atoms. The number of unbranched alkanes of at least 4 members (excludes halogenated alkanes) is 7. The molecule has 1 aliphatic heterocycles. The number of hydrogen-bond acceptors (Lipinski definition) is 4. The zero-order valence-electron chi connectivity index (χ0n) is 15.9. The number of ketones is 1. The Bertz CT molecular complexity index is 548. The molecule has 0 aromatic rings. The van der Waals surface area contributed by atoms with Gasteiger partial charge in [0.25, 0.3) is 12.6 Å². The first kappa shape index (κ1) is 20.0. The van der Waals surface area contributed by atoms with Crippen molar-refractivity contribution in [3.8, 4) is 0 Å². The van der Waals surface area contributed by atoms with Gasteiger partial charge in [0.05, 0.1) is 7.11 Å². The first-order chi connectivity index (χ1) is 12.0. The monoisotopic (exact) mass is 353 g/mol. The molecule has 0 aromatic heterocycles. The van der Waals surface area contributed by atoms with Crippen molar-refractivity contribution in [1.82, 2.24) is 0 Å². The Morgan fingerprint density at radius 3 is 2.24 bits per heavy atom. The van der Waals surface area contributed by atoms with Crippen LogP contribution in [0.4, 0.5) is 0 Å². The molecule has 0 amide bonds. The van der Waals surface area contributed by atoms with E-state index in [9.17, 15) is 15.0 Å². The van der Waals surface area contributed by atoms with E-state index in [0.717, 1.165) is 12.8 Å². The second-order valence-electron chi connectivity index (χ2n) is 7.13.